The highest BCUT2D eigenvalue weighted by molar-refractivity contribution is 6.13. The number of aromatic nitrogens is 1. The monoisotopic (exact) mass is 760 g/mol. The topological polar surface area (TPSA) is 130 Å². The van der Waals surface area contributed by atoms with Gasteiger partial charge in [0, 0.05) is 78.3 Å². The Hall–Kier alpha value is -5.35. The number of hydrazine groups is 1. The SMILES string of the molecule is COC(=O)NC(C(=O)NN(Cc1ccc(-c2ccccn2)cc1)CC(C1=C[CH]1)C(Cc1ccccc1)NC(=O)C1=C[C]1C1C(=O)C2=C([CH]2)CC1(C)C)C(C)(C)C.[HH].[HH].[HH].[HH]. The minimum Gasteiger partial charge on any atom is -0.453 e. The summed E-state index contributed by atoms with van der Waals surface area (Å²) < 4.78 is 4.87. The van der Waals surface area contributed by atoms with E-state index >= 15 is 0 Å². The fourth-order valence-corrected chi connectivity index (χ4v) is 7.90. The second-order valence-corrected chi connectivity index (χ2v) is 17.0. The van der Waals surface area contributed by atoms with Crippen molar-refractivity contribution >= 4 is 23.7 Å². The predicted molar refractivity (Wildman–Crippen MR) is 223 cm³/mol. The Morgan fingerprint density at radius 3 is 2.34 bits per heavy atom. The first-order valence-electron chi connectivity index (χ1n) is 19.2. The van der Waals surface area contributed by atoms with Crippen LogP contribution in [-0.2, 0) is 32.1 Å². The van der Waals surface area contributed by atoms with Crippen molar-refractivity contribution in [3.8, 4) is 11.3 Å². The Bertz CT molecular complexity index is 2100. The van der Waals surface area contributed by atoms with Crippen LogP contribution in [0.2, 0.25) is 0 Å². The Labute approximate surface area is 335 Å². The molecule has 3 radical (unpaired) electrons. The molecule has 297 valence electrons. The van der Waals surface area contributed by atoms with Crippen molar-refractivity contribution < 1.29 is 29.6 Å². The highest BCUT2D eigenvalue weighted by atomic mass is 16.5. The third kappa shape index (κ3) is 9.02. The number of nitrogens with one attached hydrogen (secondary N) is 3. The molecule has 0 saturated carbocycles. The van der Waals surface area contributed by atoms with E-state index in [-0.39, 0.29) is 40.7 Å². The van der Waals surface area contributed by atoms with Crippen LogP contribution in [0.4, 0.5) is 4.79 Å². The van der Waals surface area contributed by atoms with Crippen LogP contribution in [-0.4, -0.2) is 59.4 Å². The van der Waals surface area contributed by atoms with Crippen LogP contribution in [0.25, 0.3) is 11.3 Å². The molecule has 2 aromatic carbocycles. The number of methoxy groups -OCH3 is 1. The lowest BCUT2D eigenvalue weighted by molar-refractivity contribution is -0.131. The van der Waals surface area contributed by atoms with Crippen LogP contribution in [0.3, 0.4) is 0 Å². The van der Waals surface area contributed by atoms with Gasteiger partial charge in [0.1, 0.15) is 6.04 Å². The first-order valence-corrected chi connectivity index (χ1v) is 19.2. The Morgan fingerprint density at radius 1 is 0.982 bits per heavy atom. The highest BCUT2D eigenvalue weighted by Crippen LogP contribution is 2.58. The molecule has 3 amide bonds. The molecule has 56 heavy (non-hydrogen) atoms. The number of hydrogen-bond acceptors (Lipinski definition) is 7. The summed E-state index contributed by atoms with van der Waals surface area (Å²) in [5.41, 5.74) is 9.66. The number of Topliss-reactive ketones (excluding diaryl/α,β-unsaturated/α-hetero) is 1. The number of alkyl carbamates (subject to hydrolysis) is 1. The molecule has 0 spiro atoms. The van der Waals surface area contributed by atoms with Crippen LogP contribution < -0.4 is 16.1 Å². The summed E-state index contributed by atoms with van der Waals surface area (Å²) in [6.07, 6.45) is 10.4. The lowest BCUT2D eigenvalue weighted by atomic mass is 9.67. The number of carbonyl (C=O) groups excluding carboxylic acids is 4. The Morgan fingerprint density at radius 2 is 1.70 bits per heavy atom. The molecular formula is C46H58N5O5. The van der Waals surface area contributed by atoms with Gasteiger partial charge in [0.15, 0.2) is 5.78 Å². The van der Waals surface area contributed by atoms with E-state index in [4.69, 9.17) is 4.74 Å². The maximum absolute atomic E-state index is 14.1. The largest absolute Gasteiger partial charge is 0.453 e. The summed E-state index contributed by atoms with van der Waals surface area (Å²) in [7, 11) is 1.27. The molecule has 1 aromatic heterocycles. The molecule has 4 atom stereocenters. The zero-order valence-corrected chi connectivity index (χ0v) is 32.9. The predicted octanol–water partition coefficient (Wildman–Crippen LogP) is 7.47. The molecule has 0 bridgehead atoms. The molecule has 0 fully saturated rings. The molecule has 1 heterocycles. The number of amides is 3. The van der Waals surface area contributed by atoms with E-state index in [1.54, 1.807) is 6.20 Å². The van der Waals surface area contributed by atoms with Gasteiger partial charge in [-0.15, -0.1) is 0 Å². The van der Waals surface area contributed by atoms with Crippen LogP contribution in [0.15, 0.2) is 113 Å². The first kappa shape index (κ1) is 38.9. The van der Waals surface area contributed by atoms with Crippen LogP contribution in [0, 0.1) is 41.4 Å². The molecule has 3 aromatic rings. The minimum atomic E-state index is -0.906. The average Bonchev–Trinajstić information content (AvgIpc) is 4.03. The van der Waals surface area contributed by atoms with Crippen molar-refractivity contribution in [3.05, 3.63) is 143 Å². The zero-order valence-electron chi connectivity index (χ0n) is 32.9. The van der Waals surface area contributed by atoms with Crippen LogP contribution >= 0.6 is 0 Å². The van der Waals surface area contributed by atoms with Gasteiger partial charge in [0.25, 0.3) is 5.91 Å². The van der Waals surface area contributed by atoms with Crippen LogP contribution in [0.5, 0.6) is 0 Å². The van der Waals surface area contributed by atoms with Gasteiger partial charge in [-0.2, -0.15) is 0 Å². The summed E-state index contributed by atoms with van der Waals surface area (Å²) in [6.45, 7) is 10.5. The van der Waals surface area contributed by atoms with Crippen molar-refractivity contribution in [3.63, 3.8) is 0 Å². The fourth-order valence-electron chi connectivity index (χ4n) is 7.90. The highest BCUT2D eigenvalue weighted by Gasteiger charge is 2.55. The van der Waals surface area contributed by atoms with Gasteiger partial charge in [-0.3, -0.25) is 24.8 Å². The third-order valence-electron chi connectivity index (χ3n) is 11.1. The van der Waals surface area contributed by atoms with Gasteiger partial charge >= 0.3 is 6.09 Å². The van der Waals surface area contributed by atoms with Crippen molar-refractivity contribution in [1.82, 2.24) is 26.1 Å². The smallest absolute Gasteiger partial charge is 0.407 e. The van der Waals surface area contributed by atoms with Crippen LogP contribution in [0.1, 0.15) is 57.9 Å². The molecule has 4 aliphatic carbocycles. The zero-order chi connectivity index (χ0) is 39.8. The number of rotatable bonds is 15. The summed E-state index contributed by atoms with van der Waals surface area (Å²) in [5.74, 6) is -0.225. The van der Waals surface area contributed by atoms with E-state index in [1.165, 1.54) is 7.11 Å². The van der Waals surface area contributed by atoms with E-state index in [9.17, 15) is 19.2 Å². The summed E-state index contributed by atoms with van der Waals surface area (Å²) in [5, 5.41) is 7.96. The minimum absolute atomic E-state index is 0. The Balaban J connectivity index is 0.00000240. The van der Waals surface area contributed by atoms with Crippen molar-refractivity contribution in [2.45, 2.75) is 66.1 Å². The van der Waals surface area contributed by atoms with E-state index in [2.05, 4.69) is 34.9 Å². The lowest BCUT2D eigenvalue weighted by Crippen LogP contribution is -2.58. The quantitative estimate of drug-likeness (QED) is 0.137. The molecule has 10 heteroatoms. The molecular weight excluding hydrogens is 703 g/mol. The molecule has 3 N–H and O–H groups in total. The number of hydrogen-bond donors (Lipinski definition) is 3. The Kier molecular flexibility index (Phi) is 10.9. The van der Waals surface area contributed by atoms with Gasteiger partial charge < -0.3 is 15.4 Å². The van der Waals surface area contributed by atoms with E-state index < -0.39 is 23.5 Å². The standard InChI is InChI=1S/C46H50N5O5.4H2/c1-45(2,3)41(49-44(55)56-6)43(54)50-51(26-29-15-17-31(18-16-29)37-14-10-11-21-47-37)27-36(30-19-20-30)38(22-28-12-8-7-9-13-28)48-42(53)35-24-34(35)39-40(52)33-23-32(33)25-46(39,4)5;;;;/h7-21,23-24,36,38-39,41H,22,25-27H2,1-6H3,(H,48,53)(H,49,55)(H,50,54);4*1H. The summed E-state index contributed by atoms with van der Waals surface area (Å²) in [4.78, 5) is 58.5. The lowest BCUT2D eigenvalue weighted by Gasteiger charge is -2.36. The van der Waals surface area contributed by atoms with Gasteiger partial charge in [0.05, 0.1) is 12.8 Å². The number of ether oxygens (including phenoxy) is 1. The molecule has 10 nitrogen and oxygen atoms in total. The number of allylic oxidation sites excluding steroid dienone is 4. The number of nitrogens with zero attached hydrogens (tertiary/aromatic N) is 2. The number of pyridine rings is 1. The normalized spacial score (nSPS) is 19.8. The van der Waals surface area contributed by atoms with Crippen molar-refractivity contribution in [2.75, 3.05) is 13.7 Å². The third-order valence-corrected chi connectivity index (χ3v) is 11.1. The fraction of sp³-hybridized carbons (Fsp3) is 0.348. The second kappa shape index (κ2) is 15.7. The first-order chi connectivity index (χ1) is 26.7. The molecule has 4 unspecified atom stereocenters. The van der Waals surface area contributed by atoms with Crippen molar-refractivity contribution in [1.29, 1.82) is 0 Å². The van der Waals surface area contributed by atoms with E-state index in [0.717, 1.165) is 51.4 Å². The van der Waals surface area contributed by atoms with Gasteiger partial charge in [-0.1, -0.05) is 119 Å². The van der Waals surface area contributed by atoms with Gasteiger partial charge in [-0.05, 0) is 46.9 Å². The van der Waals surface area contributed by atoms with E-state index in [0.29, 0.717) is 25.1 Å². The summed E-state index contributed by atoms with van der Waals surface area (Å²) >= 11 is 0. The summed E-state index contributed by atoms with van der Waals surface area (Å²) in [6, 6.07) is 22.6. The average molecular weight is 761 g/mol. The number of benzene rings is 2. The number of carbonyl (C=O) groups is 4. The second-order valence-electron chi connectivity index (χ2n) is 17.0. The maximum atomic E-state index is 14.1. The van der Waals surface area contributed by atoms with E-state index in [1.807, 2.05) is 124 Å². The molecule has 0 saturated heterocycles. The maximum Gasteiger partial charge on any atom is 0.407 e. The molecule has 7 rings (SSSR count). The molecule has 0 aliphatic heterocycles. The van der Waals surface area contributed by atoms with Gasteiger partial charge in [-0.25, -0.2) is 9.80 Å². The van der Waals surface area contributed by atoms with Crippen molar-refractivity contribution in [2.24, 2.45) is 22.7 Å². The number of ketones is 1. The molecule has 4 aliphatic rings. The van der Waals surface area contributed by atoms with Gasteiger partial charge in [0.2, 0.25) is 5.91 Å².